The normalized spacial score (nSPS) is 12.9. The highest BCUT2D eigenvalue weighted by Gasteiger charge is 2.39. The van der Waals surface area contributed by atoms with E-state index < -0.39 is 0 Å². The molecule has 2 aliphatic rings. The summed E-state index contributed by atoms with van der Waals surface area (Å²) in [7, 11) is 0. The van der Waals surface area contributed by atoms with Crippen LogP contribution in [0.3, 0.4) is 0 Å². The van der Waals surface area contributed by atoms with Gasteiger partial charge >= 0.3 is 0 Å². The van der Waals surface area contributed by atoms with E-state index in [0.29, 0.717) is 0 Å². The van der Waals surface area contributed by atoms with Crippen LogP contribution in [0.4, 0.5) is 34.1 Å². The van der Waals surface area contributed by atoms with E-state index in [-0.39, 0.29) is 10.8 Å². The summed E-state index contributed by atoms with van der Waals surface area (Å²) < 4.78 is 14.2. The Morgan fingerprint density at radius 1 is 0.178 bits per heavy atom. The molecule has 18 aromatic carbocycles. The van der Waals surface area contributed by atoms with Crippen molar-refractivity contribution >= 4 is 78.0 Å². The third-order valence-electron chi connectivity index (χ3n) is 25.1. The quantitative estimate of drug-likeness (QED) is 0.102. The van der Waals surface area contributed by atoms with E-state index in [1.807, 2.05) is 0 Å². The van der Waals surface area contributed by atoms with Gasteiger partial charge in [0.15, 0.2) is 5.58 Å². The fraction of sp³-hybridized carbons (Fsp3) is 0.0526. The van der Waals surface area contributed by atoms with Gasteiger partial charge in [-0.05, 0) is 225 Å². The lowest BCUT2D eigenvalue weighted by atomic mass is 9.81. The number of hydrogen-bond donors (Lipinski definition) is 0. The van der Waals surface area contributed by atoms with Gasteiger partial charge in [-0.25, -0.2) is 0 Å². The van der Waals surface area contributed by atoms with Gasteiger partial charge in [0.1, 0.15) is 16.7 Å². The van der Waals surface area contributed by atoms with Gasteiger partial charge in [-0.15, -0.1) is 0 Å². The Labute approximate surface area is 687 Å². The second kappa shape index (κ2) is 28.0. The molecule has 0 saturated heterocycles. The van der Waals surface area contributed by atoms with E-state index in [1.165, 1.54) is 106 Å². The van der Waals surface area contributed by atoms with Gasteiger partial charge < -0.3 is 18.6 Å². The van der Waals surface area contributed by atoms with E-state index in [1.54, 1.807) is 0 Å². The predicted molar refractivity (Wildman–Crippen MR) is 494 cm³/mol. The zero-order chi connectivity index (χ0) is 78.7. The lowest BCUT2D eigenvalue weighted by molar-refractivity contribution is 0.660. The van der Waals surface area contributed by atoms with Crippen molar-refractivity contribution in [1.29, 1.82) is 0 Å². The van der Waals surface area contributed by atoms with Crippen LogP contribution in [0.2, 0.25) is 0 Å². The smallest absolute Gasteiger partial charge is 0.159 e. The van der Waals surface area contributed by atoms with Gasteiger partial charge in [0.25, 0.3) is 0 Å². The molecule has 0 unspecified atom stereocenters. The molecule has 0 N–H and O–H groups in total. The number of rotatable bonds is 15. The molecule has 0 amide bonds. The van der Waals surface area contributed by atoms with Gasteiger partial charge in [-0.3, -0.25) is 0 Å². The highest BCUT2D eigenvalue weighted by molar-refractivity contribution is 6.12. The Balaban J connectivity index is 0.670. The number of anilines is 6. The van der Waals surface area contributed by atoms with Crippen LogP contribution in [0.1, 0.15) is 49.9 Å². The third-order valence-corrected chi connectivity index (χ3v) is 25.1. The van der Waals surface area contributed by atoms with Gasteiger partial charge in [-0.1, -0.05) is 349 Å². The summed E-state index contributed by atoms with van der Waals surface area (Å²) in [6.07, 6.45) is 0. The number of fused-ring (bicyclic) bond motifs is 12. The average Bonchev–Trinajstić information content (AvgIpc) is 1.58. The molecule has 0 fully saturated rings. The molecule has 558 valence electrons. The molecule has 0 radical (unpaired) electrons. The molecule has 4 nitrogen and oxygen atoms in total. The first-order chi connectivity index (χ1) is 58.0. The van der Waals surface area contributed by atoms with Gasteiger partial charge in [0.05, 0.1) is 17.1 Å². The summed E-state index contributed by atoms with van der Waals surface area (Å²) in [4.78, 5) is 4.92. The lowest BCUT2D eigenvalue weighted by Gasteiger charge is -2.30. The maximum absolute atomic E-state index is 7.13. The summed E-state index contributed by atoms with van der Waals surface area (Å²) in [5.74, 6) is 0. The fourth-order valence-electron chi connectivity index (χ4n) is 18.9. The van der Waals surface area contributed by atoms with Gasteiger partial charge in [0.2, 0.25) is 0 Å². The van der Waals surface area contributed by atoms with Crippen LogP contribution < -0.4 is 9.80 Å². The molecule has 0 aliphatic heterocycles. The Bertz CT molecular complexity index is 7300. The first kappa shape index (κ1) is 69.8. The molecule has 0 bridgehead atoms. The number of furan rings is 2. The van der Waals surface area contributed by atoms with E-state index in [0.717, 1.165) is 117 Å². The van der Waals surface area contributed by atoms with E-state index >= 15 is 0 Å². The molecule has 0 saturated carbocycles. The van der Waals surface area contributed by atoms with Crippen LogP contribution in [0, 0.1) is 0 Å². The van der Waals surface area contributed by atoms with Crippen molar-refractivity contribution in [3.05, 3.63) is 435 Å². The van der Waals surface area contributed by atoms with Gasteiger partial charge in [0, 0.05) is 60.6 Å². The Hall–Kier alpha value is -14.8. The van der Waals surface area contributed by atoms with Crippen LogP contribution in [0.5, 0.6) is 0 Å². The highest BCUT2D eigenvalue weighted by atomic mass is 16.3. The number of para-hydroxylation sites is 3. The minimum atomic E-state index is -0.354. The van der Waals surface area contributed by atoms with Crippen LogP contribution in [0.15, 0.2) is 421 Å². The summed E-state index contributed by atoms with van der Waals surface area (Å²) in [5, 5.41) is 4.19. The molecule has 2 aliphatic carbocycles. The number of nitrogens with zero attached hydrogens (tertiary/aromatic N) is 2. The van der Waals surface area contributed by atoms with Crippen molar-refractivity contribution in [1.82, 2.24) is 0 Å². The van der Waals surface area contributed by atoms with Gasteiger partial charge in [-0.2, -0.15) is 0 Å². The standard InChI is InChI=1S/C114H80N2O2/c1-113(2)102-66-85(81-40-36-77(37-41-81)73-22-9-5-10-23-73)53-60-94(102)96-63-56-90(71-104(96)113)115(106-33-19-17-30-92(106)83-48-44-79(45-49-83)75-26-13-7-14-27-75)89-58-65-110-101(70-89)99-62-55-88(69-111(99)117-110)87-52-59-93(84-50-46-80(47-51-84)76-28-15-8-16-29-76)108(68-87)116(107-34-21-32-100-98-31-18-20-35-109(98)118-112(100)107)91-57-64-97-95-61-54-86(67-103(95)114(3,4)105(97)72-91)82-42-38-78(39-43-82)74-24-11-6-12-25-74/h5-72H,1-4H3. The number of benzene rings is 18. The average molecular weight is 1510 g/mol. The van der Waals surface area contributed by atoms with Crippen molar-refractivity contribution in [2.75, 3.05) is 9.80 Å². The van der Waals surface area contributed by atoms with Crippen LogP contribution >= 0.6 is 0 Å². The minimum Gasteiger partial charge on any atom is -0.456 e. The lowest BCUT2D eigenvalue weighted by Crippen LogP contribution is -2.17. The van der Waals surface area contributed by atoms with Crippen molar-refractivity contribution < 1.29 is 8.83 Å². The third kappa shape index (κ3) is 11.9. The summed E-state index contributed by atoms with van der Waals surface area (Å²) >= 11 is 0. The van der Waals surface area contributed by atoms with Crippen LogP contribution in [0.25, 0.3) is 166 Å². The highest BCUT2D eigenvalue weighted by Crippen LogP contribution is 2.56. The topological polar surface area (TPSA) is 32.8 Å². The SMILES string of the molecule is CC1(C)c2cc(-c3ccc(-c4ccccc4)cc3)ccc2-c2ccc(N(c3ccc4oc5cc(-c6ccc(-c7ccc(-c8ccccc8)cc7)c(N(c7ccc8c(c7)C(C)(C)c7cc(-c9ccc(-c%10ccccc%10)cc9)ccc7-8)c7cccc8c7oc7ccccc78)c6)ccc5c4c3)c3ccccc3-c3ccc(-c4ccccc4)cc3)cc21. The number of hydrogen-bond acceptors (Lipinski definition) is 4. The largest absolute Gasteiger partial charge is 0.456 e. The molecular formula is C114H80N2O2. The van der Waals surface area contributed by atoms with Crippen LogP contribution in [-0.4, -0.2) is 0 Å². The second-order valence-electron chi connectivity index (χ2n) is 32.7. The molecule has 2 heterocycles. The Morgan fingerprint density at radius 2 is 0.508 bits per heavy atom. The van der Waals surface area contributed by atoms with Crippen molar-refractivity contribution in [3.8, 4) is 122 Å². The predicted octanol–water partition coefficient (Wildman–Crippen LogP) is 32.0. The molecule has 22 rings (SSSR count). The zero-order valence-electron chi connectivity index (χ0n) is 66.0. The molecule has 4 heteroatoms. The maximum Gasteiger partial charge on any atom is 0.159 e. The van der Waals surface area contributed by atoms with Crippen LogP contribution in [-0.2, 0) is 10.8 Å². The monoisotopic (exact) mass is 1510 g/mol. The second-order valence-corrected chi connectivity index (χ2v) is 32.7. The maximum atomic E-state index is 7.13. The molecule has 20 aromatic rings. The molecule has 0 spiro atoms. The summed E-state index contributed by atoms with van der Waals surface area (Å²) in [6.45, 7) is 9.56. The first-order valence-corrected chi connectivity index (χ1v) is 40.9. The molecular weight excluding hydrogens is 1430 g/mol. The fourth-order valence-corrected chi connectivity index (χ4v) is 18.9. The van der Waals surface area contributed by atoms with Crippen molar-refractivity contribution in [3.63, 3.8) is 0 Å². The summed E-state index contributed by atoms with van der Waals surface area (Å²) in [6, 6.07) is 151. The summed E-state index contributed by atoms with van der Waals surface area (Å²) in [5.41, 5.74) is 39.8. The Morgan fingerprint density at radius 3 is 1.03 bits per heavy atom. The minimum absolute atomic E-state index is 0.312. The van der Waals surface area contributed by atoms with Crippen molar-refractivity contribution in [2.24, 2.45) is 0 Å². The zero-order valence-corrected chi connectivity index (χ0v) is 66.0. The van der Waals surface area contributed by atoms with Crippen molar-refractivity contribution in [2.45, 2.75) is 38.5 Å². The van der Waals surface area contributed by atoms with E-state index in [2.05, 4.69) is 450 Å². The van der Waals surface area contributed by atoms with E-state index in [9.17, 15) is 0 Å². The molecule has 118 heavy (non-hydrogen) atoms. The first-order valence-electron chi connectivity index (χ1n) is 40.9. The Kier molecular flexibility index (Phi) is 16.6. The van der Waals surface area contributed by atoms with E-state index in [4.69, 9.17) is 8.83 Å². The molecule has 0 atom stereocenters. The molecule has 2 aromatic heterocycles.